The minimum Gasteiger partial charge on any atom is -0.509 e. The molecular formula is C20H20O3Si. The van der Waals surface area contributed by atoms with Crippen LogP contribution >= 0.6 is 0 Å². The zero-order valence-corrected chi connectivity index (χ0v) is 14.6. The van der Waals surface area contributed by atoms with Gasteiger partial charge in [-0.05, 0) is 30.3 Å². The molecule has 3 rings (SSSR count). The van der Waals surface area contributed by atoms with Crippen LogP contribution in [0.25, 0.3) is 0 Å². The highest BCUT2D eigenvalue weighted by atomic mass is 28.4. The molecule has 0 bridgehead atoms. The first-order chi connectivity index (χ1) is 11.7. The number of phenols is 1. The molecule has 0 heterocycles. The number of benzene rings is 3. The fraction of sp³-hybridized carbons (Fsp3) is 0.100. The van der Waals surface area contributed by atoms with E-state index in [1.807, 2.05) is 79.7 Å². The number of aromatic hydroxyl groups is 1. The van der Waals surface area contributed by atoms with Crippen molar-refractivity contribution in [1.29, 1.82) is 0 Å². The second-order valence-corrected chi connectivity index (χ2v) is 8.61. The van der Waals surface area contributed by atoms with Crippen LogP contribution in [-0.4, -0.2) is 13.7 Å². The van der Waals surface area contributed by atoms with E-state index in [0.717, 1.165) is 16.7 Å². The summed E-state index contributed by atoms with van der Waals surface area (Å²) in [4.78, 5) is 0. The summed E-state index contributed by atoms with van der Waals surface area (Å²) in [6.45, 7) is 2.03. The third-order valence-electron chi connectivity index (χ3n) is 3.83. The molecular weight excluding hydrogens is 316 g/mol. The van der Waals surface area contributed by atoms with Crippen molar-refractivity contribution < 1.29 is 14.0 Å². The van der Waals surface area contributed by atoms with Gasteiger partial charge in [0.1, 0.15) is 17.2 Å². The number of phenolic OH excluding ortho intramolecular Hbond substituents is 1. The van der Waals surface area contributed by atoms with Gasteiger partial charge in [-0.2, -0.15) is 0 Å². The lowest BCUT2D eigenvalue weighted by atomic mass is 10.3. The average molecular weight is 336 g/mol. The zero-order valence-electron chi connectivity index (χ0n) is 13.6. The maximum Gasteiger partial charge on any atom is 0.499 e. The zero-order chi connectivity index (χ0) is 16.8. The molecule has 1 N–H and O–H groups in total. The Morgan fingerprint density at radius 1 is 0.708 bits per heavy atom. The van der Waals surface area contributed by atoms with Crippen LogP contribution in [0.4, 0.5) is 0 Å². The fourth-order valence-corrected chi connectivity index (χ4v) is 5.41. The number of para-hydroxylation sites is 3. The molecule has 0 aliphatic rings. The van der Waals surface area contributed by atoms with E-state index in [1.165, 1.54) is 0 Å². The third-order valence-corrected chi connectivity index (χ3v) is 7.14. The lowest BCUT2D eigenvalue weighted by Crippen LogP contribution is -2.58. The molecule has 0 fully saturated rings. The molecule has 0 aromatic heterocycles. The van der Waals surface area contributed by atoms with E-state index in [-0.39, 0.29) is 5.75 Å². The van der Waals surface area contributed by atoms with Gasteiger partial charge in [0, 0.05) is 6.04 Å². The van der Waals surface area contributed by atoms with Crippen molar-refractivity contribution in [1.82, 2.24) is 0 Å². The van der Waals surface area contributed by atoms with Gasteiger partial charge in [-0.1, -0.05) is 61.5 Å². The molecule has 0 unspecified atom stereocenters. The van der Waals surface area contributed by atoms with E-state index in [0.29, 0.717) is 6.04 Å². The van der Waals surface area contributed by atoms with Gasteiger partial charge in [0.25, 0.3) is 0 Å². The lowest BCUT2D eigenvalue weighted by Gasteiger charge is -2.31. The Bertz CT molecular complexity index is 734. The smallest absolute Gasteiger partial charge is 0.499 e. The van der Waals surface area contributed by atoms with Crippen LogP contribution in [0.3, 0.4) is 0 Å². The third kappa shape index (κ3) is 3.44. The molecule has 3 aromatic carbocycles. The molecule has 0 radical (unpaired) electrons. The molecule has 0 aliphatic carbocycles. The highest BCUT2D eigenvalue weighted by molar-refractivity contribution is 6.83. The van der Waals surface area contributed by atoms with Crippen molar-refractivity contribution in [3.05, 3.63) is 84.9 Å². The predicted octanol–water partition coefficient (Wildman–Crippen LogP) is 4.22. The second kappa shape index (κ2) is 7.23. The monoisotopic (exact) mass is 336 g/mol. The standard InChI is InChI=1S/C20H20O3Si/c1-2-24(20-16-10-9-15-19(20)21,22-17-11-5-3-6-12-17)23-18-13-7-4-8-14-18/h3-16,21H,2H2,1H3. The molecule has 0 spiro atoms. The van der Waals surface area contributed by atoms with Crippen LogP contribution in [0.1, 0.15) is 6.92 Å². The van der Waals surface area contributed by atoms with Gasteiger partial charge in [-0.3, -0.25) is 0 Å². The highest BCUT2D eigenvalue weighted by Crippen LogP contribution is 2.25. The molecule has 122 valence electrons. The largest absolute Gasteiger partial charge is 0.509 e. The van der Waals surface area contributed by atoms with E-state index in [1.54, 1.807) is 12.1 Å². The van der Waals surface area contributed by atoms with E-state index >= 15 is 0 Å². The van der Waals surface area contributed by atoms with Crippen LogP contribution in [0.15, 0.2) is 84.9 Å². The van der Waals surface area contributed by atoms with Crippen molar-refractivity contribution in [2.24, 2.45) is 0 Å². The van der Waals surface area contributed by atoms with Gasteiger partial charge in [0.2, 0.25) is 0 Å². The highest BCUT2D eigenvalue weighted by Gasteiger charge is 2.45. The van der Waals surface area contributed by atoms with Gasteiger partial charge in [-0.15, -0.1) is 0 Å². The van der Waals surface area contributed by atoms with E-state index in [9.17, 15) is 5.11 Å². The Kier molecular flexibility index (Phi) is 4.87. The quantitative estimate of drug-likeness (QED) is 0.685. The average Bonchev–Trinajstić information content (AvgIpc) is 2.63. The van der Waals surface area contributed by atoms with Gasteiger partial charge < -0.3 is 14.0 Å². The summed E-state index contributed by atoms with van der Waals surface area (Å²) < 4.78 is 12.8. The van der Waals surface area contributed by atoms with Gasteiger partial charge in [0.15, 0.2) is 0 Å². The Hall–Kier alpha value is -2.72. The Morgan fingerprint density at radius 2 is 1.17 bits per heavy atom. The van der Waals surface area contributed by atoms with Gasteiger partial charge in [-0.25, -0.2) is 0 Å². The topological polar surface area (TPSA) is 38.7 Å². The van der Waals surface area contributed by atoms with Crippen molar-refractivity contribution in [3.8, 4) is 17.2 Å². The van der Waals surface area contributed by atoms with Crippen LogP contribution < -0.4 is 14.0 Å². The summed E-state index contributed by atoms with van der Waals surface area (Å²) in [6, 6.07) is 27.2. The summed E-state index contributed by atoms with van der Waals surface area (Å²) in [6.07, 6.45) is 0. The molecule has 24 heavy (non-hydrogen) atoms. The first kappa shape index (κ1) is 16.1. The Morgan fingerprint density at radius 3 is 1.62 bits per heavy atom. The van der Waals surface area contributed by atoms with Gasteiger partial charge >= 0.3 is 8.56 Å². The fourth-order valence-electron chi connectivity index (χ4n) is 2.62. The minimum atomic E-state index is -2.92. The van der Waals surface area contributed by atoms with Crippen molar-refractivity contribution >= 4 is 13.7 Å². The molecule has 0 atom stereocenters. The predicted molar refractivity (Wildman–Crippen MR) is 98.1 cm³/mol. The summed E-state index contributed by atoms with van der Waals surface area (Å²) >= 11 is 0. The number of hydrogen-bond acceptors (Lipinski definition) is 3. The molecule has 0 aliphatic heterocycles. The van der Waals surface area contributed by atoms with E-state index < -0.39 is 8.56 Å². The molecule has 0 saturated carbocycles. The number of hydrogen-bond donors (Lipinski definition) is 1. The first-order valence-electron chi connectivity index (χ1n) is 8.00. The lowest BCUT2D eigenvalue weighted by molar-refractivity contribution is 0.395. The van der Waals surface area contributed by atoms with Crippen LogP contribution in [0.5, 0.6) is 17.2 Å². The molecule has 4 heteroatoms. The summed E-state index contributed by atoms with van der Waals surface area (Å²) in [5.41, 5.74) is 0. The maximum absolute atomic E-state index is 10.4. The van der Waals surface area contributed by atoms with Crippen LogP contribution in [0, 0.1) is 0 Å². The first-order valence-corrected chi connectivity index (χ1v) is 10.0. The molecule has 0 saturated heterocycles. The summed E-state index contributed by atoms with van der Waals surface area (Å²) in [5, 5.41) is 11.1. The van der Waals surface area contributed by atoms with Crippen LogP contribution in [0.2, 0.25) is 6.04 Å². The van der Waals surface area contributed by atoms with Gasteiger partial charge in [0.05, 0.1) is 5.19 Å². The SMILES string of the molecule is CC[Si](Oc1ccccc1)(Oc1ccccc1)c1ccccc1O. The summed E-state index contributed by atoms with van der Waals surface area (Å²) in [7, 11) is -2.92. The van der Waals surface area contributed by atoms with Crippen molar-refractivity contribution in [3.63, 3.8) is 0 Å². The molecule has 3 aromatic rings. The second-order valence-electron chi connectivity index (χ2n) is 5.45. The van der Waals surface area contributed by atoms with Crippen molar-refractivity contribution in [2.45, 2.75) is 13.0 Å². The van der Waals surface area contributed by atoms with E-state index in [2.05, 4.69) is 0 Å². The number of rotatable bonds is 6. The minimum absolute atomic E-state index is 0.206. The Balaban J connectivity index is 2.06. The maximum atomic E-state index is 10.4. The van der Waals surface area contributed by atoms with Crippen molar-refractivity contribution in [2.75, 3.05) is 0 Å². The molecule has 0 amide bonds. The van der Waals surface area contributed by atoms with E-state index in [4.69, 9.17) is 8.85 Å². The molecule has 3 nitrogen and oxygen atoms in total. The normalized spacial score (nSPS) is 11.0. The summed E-state index contributed by atoms with van der Waals surface area (Å²) in [5.74, 6) is 1.69. The van der Waals surface area contributed by atoms with Crippen LogP contribution in [-0.2, 0) is 0 Å². The Labute approximate surface area is 143 Å².